The number of nitrogens with two attached hydrogens (primary N) is 1. The maximum absolute atomic E-state index is 11.6. The molecule has 1 atom stereocenters. The molecule has 47 heavy (non-hydrogen) atoms. The van der Waals surface area contributed by atoms with Gasteiger partial charge in [-0.2, -0.15) is 4.99 Å². The van der Waals surface area contributed by atoms with Gasteiger partial charge in [-0.3, -0.25) is 4.79 Å². The first kappa shape index (κ1) is 42.7. The number of hydrogen-bond acceptors (Lipinski definition) is 4. The summed E-state index contributed by atoms with van der Waals surface area (Å²) in [6.07, 6.45) is 3.01. The van der Waals surface area contributed by atoms with Gasteiger partial charge in [0.15, 0.2) is 5.78 Å². The van der Waals surface area contributed by atoms with Crippen LogP contribution >= 0.6 is 0 Å². The Morgan fingerprint density at radius 3 is 1.87 bits per heavy atom. The zero-order chi connectivity index (χ0) is 36.3. The van der Waals surface area contributed by atoms with Crippen molar-refractivity contribution in [1.82, 2.24) is 0 Å². The summed E-state index contributed by atoms with van der Waals surface area (Å²) in [6.45, 7) is 23.7. The molecule has 7 nitrogen and oxygen atoms in total. The van der Waals surface area contributed by atoms with E-state index in [2.05, 4.69) is 39.6 Å². The number of benzene rings is 3. The van der Waals surface area contributed by atoms with Crippen LogP contribution in [0.15, 0.2) is 71.7 Å². The molecule has 1 amide bonds. The largest absolute Gasteiger partial charge is 0.478 e. The fourth-order valence-electron chi connectivity index (χ4n) is 4.32. The minimum Gasteiger partial charge on any atom is -0.478 e. The summed E-state index contributed by atoms with van der Waals surface area (Å²) in [6, 6.07) is 20.2. The molecule has 0 heterocycles. The molecule has 0 saturated heterocycles. The highest BCUT2D eigenvalue weighted by Gasteiger charge is 2.18. The lowest BCUT2D eigenvalue weighted by molar-refractivity contribution is 0.0602. The number of hydrogen-bond donors (Lipinski definition) is 2. The Labute approximate surface area is 283 Å². The first-order valence-electron chi connectivity index (χ1n) is 16.6. The van der Waals surface area contributed by atoms with Gasteiger partial charge in [0, 0.05) is 11.1 Å². The molecule has 0 saturated carbocycles. The number of carboxylic acid groups (broad SMARTS) is 1. The summed E-state index contributed by atoms with van der Waals surface area (Å²) >= 11 is 0. The lowest BCUT2D eigenvalue weighted by Crippen LogP contribution is -2.24. The minimum atomic E-state index is -1.02. The highest BCUT2D eigenvalue weighted by molar-refractivity contribution is 6.03. The molecule has 0 bridgehead atoms. The number of amidine groups is 1. The predicted molar refractivity (Wildman–Crippen MR) is 197 cm³/mol. The predicted octanol–water partition coefficient (Wildman–Crippen LogP) is 10.9. The van der Waals surface area contributed by atoms with Gasteiger partial charge in [-0.25, -0.2) is 9.59 Å². The molecule has 0 aliphatic heterocycles. The number of ketones is 1. The first-order chi connectivity index (χ1) is 22.0. The second-order valence-corrected chi connectivity index (χ2v) is 12.5. The van der Waals surface area contributed by atoms with Crippen LogP contribution < -0.4 is 5.73 Å². The van der Waals surface area contributed by atoms with Crippen LogP contribution in [0.25, 0.3) is 11.1 Å². The van der Waals surface area contributed by atoms with E-state index in [0.29, 0.717) is 22.6 Å². The molecule has 3 aromatic carbocycles. The lowest BCUT2D eigenvalue weighted by atomic mass is 9.87. The number of carbonyl (C=O) groups excluding carboxylic acids is 2. The molecule has 0 aliphatic rings. The van der Waals surface area contributed by atoms with Crippen molar-refractivity contribution in [2.45, 2.75) is 114 Å². The zero-order valence-corrected chi connectivity index (χ0v) is 30.7. The monoisotopic (exact) mass is 646 g/mol. The average Bonchev–Trinajstić information content (AvgIpc) is 3.01. The van der Waals surface area contributed by atoms with Gasteiger partial charge in [-0.15, -0.1) is 0 Å². The fourth-order valence-corrected chi connectivity index (χ4v) is 4.32. The van der Waals surface area contributed by atoms with E-state index in [1.165, 1.54) is 25.8 Å². The highest BCUT2D eigenvalue weighted by atomic mass is 16.6. The van der Waals surface area contributed by atoms with Crippen LogP contribution in [0.3, 0.4) is 0 Å². The Bertz CT molecular complexity index is 1430. The Morgan fingerprint density at radius 2 is 1.43 bits per heavy atom. The van der Waals surface area contributed by atoms with E-state index in [-0.39, 0.29) is 17.2 Å². The van der Waals surface area contributed by atoms with E-state index in [0.717, 1.165) is 29.0 Å². The number of ether oxygens (including phenoxy) is 1. The standard InChI is InChI=1S/C19H20O3.C13H18N2O2.C6H14.C2H6/c1-4-12(2)15-7-5-6-8-16(15)17-10-9-14(13(3)20)11-18(17)19(21)22;1-9-5-7-10(8-6-9)11(14)15-12(16)17-13(2,3)4;1-4-5-6(2)3;1-2/h5-12H,4H2,1-3H3,(H,21,22);5-8H,1-4H3,(H2,14,15,16);6H,4-5H2,1-3H3;1-2H3. The van der Waals surface area contributed by atoms with E-state index in [9.17, 15) is 19.5 Å². The van der Waals surface area contributed by atoms with Gasteiger partial charge < -0.3 is 15.6 Å². The maximum Gasteiger partial charge on any atom is 0.436 e. The third-order valence-corrected chi connectivity index (χ3v) is 6.87. The summed E-state index contributed by atoms with van der Waals surface area (Å²) < 4.78 is 5.05. The average molecular weight is 647 g/mol. The molecule has 3 rings (SSSR count). The number of nitrogens with zero attached hydrogens (tertiary/aromatic N) is 1. The van der Waals surface area contributed by atoms with Crippen molar-refractivity contribution in [1.29, 1.82) is 0 Å². The SMILES string of the molecule is CC.CCC(C)c1ccccc1-c1ccc(C(C)=O)cc1C(=O)O.CCCC(C)C.Cc1ccc(/C(N)=N/C(=O)OC(C)(C)C)cc1. The van der Waals surface area contributed by atoms with Gasteiger partial charge in [-0.1, -0.05) is 128 Å². The van der Waals surface area contributed by atoms with Gasteiger partial charge >= 0.3 is 12.1 Å². The van der Waals surface area contributed by atoms with Crippen molar-refractivity contribution in [3.63, 3.8) is 0 Å². The van der Waals surface area contributed by atoms with Crippen molar-refractivity contribution in [3.8, 4) is 11.1 Å². The van der Waals surface area contributed by atoms with E-state index < -0.39 is 17.7 Å². The quantitative estimate of drug-likeness (QED) is 0.143. The molecule has 1 unspecified atom stereocenters. The molecular formula is C40H58N2O5. The number of aromatic carboxylic acids is 1. The number of carbonyl (C=O) groups is 3. The van der Waals surface area contributed by atoms with Crippen LogP contribution in [0.2, 0.25) is 0 Å². The van der Waals surface area contributed by atoms with Crippen LogP contribution in [0.5, 0.6) is 0 Å². The Morgan fingerprint density at radius 1 is 0.872 bits per heavy atom. The van der Waals surface area contributed by atoms with Gasteiger partial charge in [-0.05, 0) is 75.6 Å². The van der Waals surface area contributed by atoms with E-state index >= 15 is 0 Å². The Balaban J connectivity index is 0.000000750. The number of amides is 1. The first-order valence-corrected chi connectivity index (χ1v) is 16.6. The molecule has 258 valence electrons. The fraction of sp³-hybridized carbons (Fsp3) is 0.450. The van der Waals surface area contributed by atoms with Crippen molar-refractivity contribution < 1.29 is 24.2 Å². The van der Waals surface area contributed by atoms with Crippen molar-refractivity contribution in [2.24, 2.45) is 16.6 Å². The molecule has 0 radical (unpaired) electrons. The van der Waals surface area contributed by atoms with Crippen LogP contribution in [0.1, 0.15) is 139 Å². The van der Waals surface area contributed by atoms with Crippen molar-refractivity contribution in [2.75, 3.05) is 0 Å². The maximum atomic E-state index is 11.6. The Kier molecular flexibility index (Phi) is 19.6. The summed E-state index contributed by atoms with van der Waals surface area (Å²) in [4.78, 5) is 38.2. The van der Waals surface area contributed by atoms with Crippen LogP contribution in [0.4, 0.5) is 4.79 Å². The topological polar surface area (TPSA) is 119 Å². The van der Waals surface area contributed by atoms with Crippen molar-refractivity contribution in [3.05, 3.63) is 94.5 Å². The number of aryl methyl sites for hydroxylation is 1. The van der Waals surface area contributed by atoms with Crippen LogP contribution in [0, 0.1) is 12.8 Å². The van der Waals surface area contributed by atoms with E-state index in [1.807, 2.05) is 69.3 Å². The number of aliphatic imine (C=N–C) groups is 1. The second kappa shape index (κ2) is 21.5. The van der Waals surface area contributed by atoms with E-state index in [4.69, 9.17) is 10.5 Å². The molecule has 0 fully saturated rings. The summed E-state index contributed by atoms with van der Waals surface area (Å²) in [5.41, 5.74) is 10.3. The van der Waals surface area contributed by atoms with Gasteiger partial charge in [0.25, 0.3) is 0 Å². The third-order valence-electron chi connectivity index (χ3n) is 6.87. The lowest BCUT2D eigenvalue weighted by Gasteiger charge is -2.17. The molecular weight excluding hydrogens is 588 g/mol. The normalized spacial score (nSPS) is 11.5. The summed E-state index contributed by atoms with van der Waals surface area (Å²) in [5, 5.41) is 9.51. The molecule has 3 aromatic rings. The second-order valence-electron chi connectivity index (χ2n) is 12.5. The highest BCUT2D eigenvalue weighted by Crippen LogP contribution is 2.33. The summed E-state index contributed by atoms with van der Waals surface area (Å²) in [5.74, 6) is 0.251. The smallest absolute Gasteiger partial charge is 0.436 e. The van der Waals surface area contributed by atoms with Gasteiger partial charge in [0.1, 0.15) is 11.4 Å². The van der Waals surface area contributed by atoms with Crippen LogP contribution in [-0.2, 0) is 4.74 Å². The molecule has 7 heteroatoms. The molecule has 0 aliphatic carbocycles. The zero-order valence-electron chi connectivity index (χ0n) is 30.7. The third kappa shape index (κ3) is 16.2. The number of Topliss-reactive ketones (excluding diaryl/α,β-unsaturated/α-hetero) is 1. The molecule has 3 N–H and O–H groups in total. The van der Waals surface area contributed by atoms with Crippen molar-refractivity contribution >= 4 is 23.7 Å². The van der Waals surface area contributed by atoms with Gasteiger partial charge in [0.05, 0.1) is 5.56 Å². The van der Waals surface area contributed by atoms with Gasteiger partial charge in [0.2, 0.25) is 0 Å². The number of rotatable bonds is 8. The molecule has 0 aromatic heterocycles. The molecule has 0 spiro atoms. The van der Waals surface area contributed by atoms with E-state index in [1.54, 1.807) is 32.9 Å². The minimum absolute atomic E-state index is 0.135. The summed E-state index contributed by atoms with van der Waals surface area (Å²) in [7, 11) is 0. The van der Waals surface area contributed by atoms with Crippen LogP contribution in [-0.4, -0.2) is 34.4 Å². The number of carboxylic acids is 1. The Hall–Kier alpha value is -4.26.